The number of hydrogen-bond donors (Lipinski definition) is 0. The van der Waals surface area contributed by atoms with Gasteiger partial charge in [0.05, 0.1) is 0 Å². The van der Waals surface area contributed by atoms with Gasteiger partial charge < -0.3 is 0 Å². The van der Waals surface area contributed by atoms with Crippen molar-refractivity contribution >= 4 is 102 Å². The number of hydrogen-bond acceptors (Lipinski definition) is 3. The molecule has 2 unspecified atom stereocenters. The molecule has 0 spiro atoms. The molecule has 0 amide bonds. The smallest absolute Gasteiger partial charge is 0.201 e. The van der Waals surface area contributed by atoms with Crippen molar-refractivity contribution in [3.63, 3.8) is 0 Å². The van der Waals surface area contributed by atoms with E-state index in [2.05, 4.69) is 4.52 Å². The van der Waals surface area contributed by atoms with Gasteiger partial charge in [-0.2, -0.15) is 0 Å². The lowest BCUT2D eigenvalue weighted by atomic mass is 13.8. The molecule has 1 aliphatic heterocycles. The van der Waals surface area contributed by atoms with E-state index in [9.17, 15) is 0 Å². The summed E-state index contributed by atoms with van der Waals surface area (Å²) < 4.78 is 5.98. The van der Waals surface area contributed by atoms with E-state index in [1.54, 1.807) is 0 Å². The van der Waals surface area contributed by atoms with E-state index < -0.39 is 21.1 Å². The Bertz CT molecular complexity index is 225. The van der Waals surface area contributed by atoms with Gasteiger partial charge in [0.25, 0.3) is 0 Å². The van der Waals surface area contributed by atoms with Crippen LogP contribution in [0.2, 0.25) is 0 Å². The molecule has 3 nitrogen and oxygen atoms in total. The van der Waals surface area contributed by atoms with E-state index in [4.69, 9.17) is 68.5 Å². The predicted octanol–water partition coefficient (Wildman–Crippen LogP) is 6.69. The lowest BCUT2D eigenvalue weighted by molar-refractivity contribution is 1.06. The van der Waals surface area contributed by atoms with E-state index >= 15 is 0 Å². The van der Waals surface area contributed by atoms with Gasteiger partial charge in [-0.1, -0.05) is 11.2 Å². The number of nitrogens with zero attached hydrogens (tertiary/aromatic N) is 3. The van der Waals surface area contributed by atoms with Crippen LogP contribution in [0.25, 0.3) is 0 Å². The summed E-state index contributed by atoms with van der Waals surface area (Å²) in [5.41, 5.74) is 0. The van der Waals surface area contributed by atoms with Crippen LogP contribution in [0.3, 0.4) is 0 Å². The molecule has 0 aromatic heterocycles. The molecule has 0 fully saturated rings. The third-order valence-electron chi connectivity index (χ3n) is 0.789. The Morgan fingerprint density at radius 2 is 1.62 bits per heavy atom. The Balaban J connectivity index is 0.00000144. The van der Waals surface area contributed by atoms with Crippen LogP contribution >= 0.6 is 102 Å². The van der Waals surface area contributed by atoms with Crippen LogP contribution in [0.4, 0.5) is 0 Å². The molecule has 2 atom stereocenters. The van der Waals surface area contributed by atoms with E-state index in [0.29, 0.717) is 0 Å². The number of rotatable bonds is 0. The summed E-state index contributed by atoms with van der Waals surface area (Å²) in [6.45, 7) is 0. The van der Waals surface area contributed by atoms with Gasteiger partial charge in [-0.15, -0.1) is 20.3 Å². The van der Waals surface area contributed by atoms with Crippen LogP contribution in [-0.4, -0.2) is 7.92 Å². The zero-order valence-electron chi connectivity index (χ0n) is 5.36. The van der Waals surface area contributed by atoms with Gasteiger partial charge in [-0.05, 0) is 57.3 Å². The monoisotopic (exact) mass is 381 g/mol. The second-order valence-electron chi connectivity index (χ2n) is 1.51. The Morgan fingerprint density at radius 1 is 1.15 bits per heavy atom. The molecule has 1 heterocycles. The fourth-order valence-electron chi connectivity index (χ4n) is 0.365. The predicted molar refractivity (Wildman–Crippen MR) is 69.2 cm³/mol. The topological polar surface area (TPSA) is 18.8 Å². The van der Waals surface area contributed by atoms with Crippen LogP contribution < -0.4 is 0 Å². The van der Waals surface area contributed by atoms with E-state index in [0.717, 1.165) is 7.92 Å². The summed E-state index contributed by atoms with van der Waals surface area (Å²) in [6.07, 6.45) is 0. The standard InChI is InChI=1S/Cl6N3P3.ClH/c1-8-10(3)7-12(5,6)9(2)11(8)4;/h;1H. The summed E-state index contributed by atoms with van der Waals surface area (Å²) in [6, 6.07) is 0. The van der Waals surface area contributed by atoms with Crippen molar-refractivity contribution in [2.24, 2.45) is 4.52 Å². The summed E-state index contributed by atoms with van der Waals surface area (Å²) in [4.78, 5) is 0. The number of halogens is 7. The van der Waals surface area contributed by atoms with Gasteiger partial charge >= 0.3 is 0 Å². The highest BCUT2D eigenvalue weighted by molar-refractivity contribution is 8.18. The first-order valence-electron chi connectivity index (χ1n) is 2.21. The quantitative estimate of drug-likeness (QED) is 0.342. The first-order chi connectivity index (χ1) is 5.36. The second-order valence-corrected chi connectivity index (χ2v) is 13.1. The van der Waals surface area contributed by atoms with Gasteiger partial charge in [0.2, 0.25) is 13.5 Å². The highest BCUT2D eigenvalue weighted by Crippen LogP contribution is 2.85. The first kappa shape index (κ1) is 16.0. The van der Waals surface area contributed by atoms with Gasteiger partial charge in [-0.25, -0.2) is 4.52 Å². The highest BCUT2D eigenvalue weighted by Gasteiger charge is 2.41. The zero-order valence-corrected chi connectivity index (χ0v) is 13.4. The molecule has 0 aromatic rings. The maximum Gasteiger partial charge on any atom is 0.231 e. The normalized spacial score (nSPS) is 34.9. The summed E-state index contributed by atoms with van der Waals surface area (Å²) in [5.74, 6) is -2.74. The maximum atomic E-state index is 5.78. The Morgan fingerprint density at radius 3 is 2.08 bits per heavy atom. The molecular formula is HCl7N3P3. The molecule has 0 bridgehead atoms. The molecule has 0 saturated carbocycles. The highest BCUT2D eigenvalue weighted by atomic mass is 35.9. The van der Waals surface area contributed by atoms with E-state index in [1.165, 1.54) is 0 Å². The average molecular weight is 384 g/mol. The summed E-state index contributed by atoms with van der Waals surface area (Å²) in [5, 5.41) is 0. The average Bonchev–Trinajstić information content (AvgIpc) is 1.97. The Kier molecular flexibility index (Phi) is 7.53. The molecule has 0 N–H and O–H groups in total. The molecule has 13 heavy (non-hydrogen) atoms. The molecular weight excluding hydrogens is 383 g/mol. The molecule has 0 saturated heterocycles. The molecule has 0 aromatic carbocycles. The van der Waals surface area contributed by atoms with Gasteiger partial charge in [0.1, 0.15) is 0 Å². The molecule has 1 aliphatic rings. The van der Waals surface area contributed by atoms with Crippen molar-refractivity contribution in [1.82, 2.24) is 7.92 Å². The lowest BCUT2D eigenvalue weighted by Gasteiger charge is -2.33. The van der Waals surface area contributed by atoms with Gasteiger partial charge in [0, 0.05) is 0 Å². The van der Waals surface area contributed by atoms with Crippen LogP contribution in [0.15, 0.2) is 4.52 Å². The van der Waals surface area contributed by atoms with E-state index in [1.807, 2.05) is 0 Å². The lowest BCUT2D eigenvalue weighted by Crippen LogP contribution is -2.05. The Labute approximate surface area is 114 Å². The summed E-state index contributed by atoms with van der Waals surface area (Å²) >= 11 is 34.3. The van der Waals surface area contributed by atoms with Crippen molar-refractivity contribution < 1.29 is 0 Å². The van der Waals surface area contributed by atoms with Crippen molar-refractivity contribution in [2.75, 3.05) is 0 Å². The minimum absolute atomic E-state index is 0. The van der Waals surface area contributed by atoms with Crippen LogP contribution in [0.1, 0.15) is 0 Å². The van der Waals surface area contributed by atoms with Gasteiger partial charge in [0.15, 0.2) is 7.58 Å². The zero-order chi connectivity index (χ0) is 9.52. The summed E-state index contributed by atoms with van der Waals surface area (Å²) in [7, 11) is -2.94. The van der Waals surface area contributed by atoms with Gasteiger partial charge in [-0.3, -0.25) is 0 Å². The van der Waals surface area contributed by atoms with Crippen molar-refractivity contribution in [3.8, 4) is 0 Å². The minimum Gasteiger partial charge on any atom is -0.201 e. The molecule has 13 heteroatoms. The molecule has 1 rings (SSSR count). The minimum atomic E-state index is -2.74. The molecule has 0 radical (unpaired) electrons. The molecule has 80 valence electrons. The van der Waals surface area contributed by atoms with Crippen molar-refractivity contribution in [3.05, 3.63) is 0 Å². The molecule has 0 aliphatic carbocycles. The van der Waals surface area contributed by atoms with Crippen LogP contribution in [0, 0.1) is 0 Å². The fraction of sp³-hybridized carbons (Fsp3) is 0. The van der Waals surface area contributed by atoms with Crippen LogP contribution in [0.5, 0.6) is 0 Å². The third kappa shape index (κ3) is 3.77. The second kappa shape index (κ2) is 6.10. The Hall–Kier alpha value is 3.04. The SMILES string of the molecule is Cl.ClN1P(Cl)N=P(Cl)(Cl)N(Cl)P1Cl. The fourth-order valence-corrected chi connectivity index (χ4v) is 12.4. The van der Waals surface area contributed by atoms with Crippen molar-refractivity contribution in [1.29, 1.82) is 0 Å². The van der Waals surface area contributed by atoms with E-state index in [-0.39, 0.29) is 12.4 Å². The van der Waals surface area contributed by atoms with Crippen molar-refractivity contribution in [2.45, 2.75) is 0 Å². The third-order valence-corrected chi connectivity index (χ3v) is 14.5. The van der Waals surface area contributed by atoms with Crippen LogP contribution in [-0.2, 0) is 0 Å². The first-order valence-corrected chi connectivity index (χ1v) is 10.7. The maximum absolute atomic E-state index is 5.78. The largest absolute Gasteiger partial charge is 0.231 e.